The van der Waals surface area contributed by atoms with E-state index in [-0.39, 0.29) is 0 Å². The van der Waals surface area contributed by atoms with E-state index in [2.05, 4.69) is 79.2 Å². The summed E-state index contributed by atoms with van der Waals surface area (Å²) in [4.78, 5) is 0. The van der Waals surface area contributed by atoms with Crippen LogP contribution in [0.1, 0.15) is 60.8 Å². The van der Waals surface area contributed by atoms with Crippen molar-refractivity contribution in [2.45, 2.75) is 58.9 Å². The molecule has 28 heavy (non-hydrogen) atoms. The molecule has 2 aromatic carbocycles. The van der Waals surface area contributed by atoms with Crippen molar-refractivity contribution in [3.63, 3.8) is 0 Å². The molecule has 5 rings (SSSR count). The Balaban J connectivity index is 0.000000336. The topological polar surface area (TPSA) is 0 Å². The maximum atomic E-state index is 2.52. The predicted molar refractivity (Wildman–Crippen MR) is 123 cm³/mol. The van der Waals surface area contributed by atoms with Gasteiger partial charge in [-0.15, -0.1) is 0 Å². The van der Waals surface area contributed by atoms with Crippen LogP contribution < -0.4 is 0 Å². The molecular weight excluding hydrogens is 432 g/mol. The van der Waals surface area contributed by atoms with Gasteiger partial charge >= 0.3 is 151 Å². The van der Waals surface area contributed by atoms with E-state index in [1.165, 1.54) is 11.1 Å². The third-order valence-electron chi connectivity index (χ3n) is 6.71. The van der Waals surface area contributed by atoms with E-state index in [0.29, 0.717) is 21.4 Å². The Bertz CT molecular complexity index is 816. The van der Waals surface area contributed by atoms with Crippen molar-refractivity contribution >= 4 is 21.7 Å². The molecule has 0 radical (unpaired) electrons. The van der Waals surface area contributed by atoms with Gasteiger partial charge in [0.15, 0.2) is 0 Å². The van der Waals surface area contributed by atoms with E-state index in [4.69, 9.17) is 0 Å². The summed E-state index contributed by atoms with van der Waals surface area (Å²) in [6.45, 7) is 4.68. The first kappa shape index (κ1) is 20.3. The molecular formula is C26H32SiZr. The van der Waals surface area contributed by atoms with Crippen LogP contribution in [0.3, 0.4) is 0 Å². The molecule has 0 bridgehead atoms. The Kier molecular flexibility index (Phi) is 6.69. The molecule has 2 unspecified atom stereocenters. The van der Waals surface area contributed by atoms with Crippen LogP contribution in [0.15, 0.2) is 59.7 Å². The van der Waals surface area contributed by atoms with E-state index < -0.39 is 23.2 Å². The molecule has 144 valence electrons. The summed E-state index contributed by atoms with van der Waals surface area (Å²) < 4.78 is 3.33. The second-order valence-electron chi connectivity index (χ2n) is 8.57. The van der Waals surface area contributed by atoms with Crippen molar-refractivity contribution in [2.75, 3.05) is 0 Å². The number of benzene rings is 2. The zero-order valence-electron chi connectivity index (χ0n) is 17.5. The summed E-state index contributed by atoms with van der Waals surface area (Å²) in [7, 11) is 0.543. The van der Waals surface area contributed by atoms with Gasteiger partial charge in [-0.2, -0.15) is 0 Å². The molecule has 2 aliphatic carbocycles. The van der Waals surface area contributed by atoms with E-state index in [1.807, 2.05) is 0 Å². The molecule has 0 amide bonds. The number of fused-ring (bicyclic) bond motifs is 2. The second kappa shape index (κ2) is 9.23. The van der Waals surface area contributed by atoms with Gasteiger partial charge in [-0.1, -0.05) is 24.9 Å². The Labute approximate surface area is 184 Å². The molecule has 3 aliphatic rings. The second-order valence-corrected chi connectivity index (χ2v) is 13.8. The van der Waals surface area contributed by atoms with Crippen LogP contribution in [0.2, 0.25) is 20.3 Å². The zero-order valence-corrected chi connectivity index (χ0v) is 21.4. The van der Waals surface area contributed by atoms with Gasteiger partial charge in [-0.3, -0.25) is 0 Å². The van der Waals surface area contributed by atoms with Gasteiger partial charge in [0.2, 0.25) is 0 Å². The Morgan fingerprint density at radius 2 is 1.25 bits per heavy atom. The summed E-state index contributed by atoms with van der Waals surface area (Å²) >= 11 is -0.459. The number of hydrogen-bond donors (Lipinski definition) is 0. The van der Waals surface area contributed by atoms with Gasteiger partial charge in [0.05, 0.1) is 0 Å². The standard InChI is InChI=1S/C21H19.C4H10Si.CH3.Zr/c1-14-11-16-7-3-5-9-18(16)20(14)13-21-15(2)12-17-8-4-6-10-19(17)21;1-2-4-5-3-1;;/h3-13,20-21H,1-2H3;1-5H2;1H3;. The average molecular weight is 464 g/mol. The number of rotatable bonds is 3. The van der Waals surface area contributed by atoms with Crippen LogP contribution in [-0.4, -0.2) is 9.52 Å². The van der Waals surface area contributed by atoms with Crippen LogP contribution in [-0.2, 0) is 23.2 Å². The quantitative estimate of drug-likeness (QED) is 0.426. The van der Waals surface area contributed by atoms with Crippen LogP contribution in [0.25, 0.3) is 12.2 Å². The van der Waals surface area contributed by atoms with E-state index >= 15 is 0 Å². The van der Waals surface area contributed by atoms with E-state index in [9.17, 15) is 0 Å². The summed E-state index contributed by atoms with van der Waals surface area (Å²) in [5.41, 5.74) is 9.15. The van der Waals surface area contributed by atoms with Crippen molar-refractivity contribution in [3.8, 4) is 0 Å². The van der Waals surface area contributed by atoms with E-state index in [1.54, 1.807) is 47.2 Å². The molecule has 2 heteroatoms. The third-order valence-corrected chi connectivity index (χ3v) is 12.0. The SMILES string of the molecule is C1CC[SiH2]C1.[CH3][Zr][CH](C1C(C)=Cc2ccccc21)C1C(C)=Cc2ccccc21. The van der Waals surface area contributed by atoms with Crippen molar-refractivity contribution in [2.24, 2.45) is 0 Å². The number of allylic oxidation sites excluding steroid dienone is 2. The van der Waals surface area contributed by atoms with E-state index in [0.717, 1.165) is 3.63 Å². The van der Waals surface area contributed by atoms with Crippen LogP contribution in [0, 0.1) is 0 Å². The normalized spacial score (nSPS) is 23.1. The Morgan fingerprint density at radius 3 is 1.64 bits per heavy atom. The zero-order chi connectivity index (χ0) is 19.5. The fraction of sp³-hybridized carbons (Fsp3) is 0.385. The predicted octanol–water partition coefficient (Wildman–Crippen LogP) is 7.09. The number of hydrogen-bond acceptors (Lipinski definition) is 0. The van der Waals surface area contributed by atoms with Crippen LogP contribution in [0.4, 0.5) is 0 Å². The minimum absolute atomic E-state index is 0.459. The van der Waals surface area contributed by atoms with Crippen LogP contribution >= 0.6 is 0 Å². The Hall–Kier alpha value is -0.980. The Morgan fingerprint density at radius 1 is 0.786 bits per heavy atom. The summed E-state index contributed by atoms with van der Waals surface area (Å²) in [5.74, 6) is 1.25. The molecule has 0 spiro atoms. The fourth-order valence-electron chi connectivity index (χ4n) is 5.37. The average Bonchev–Trinajstić information content (AvgIpc) is 3.44. The first-order chi connectivity index (χ1) is 13.7. The first-order valence-electron chi connectivity index (χ1n) is 10.9. The third kappa shape index (κ3) is 4.01. The van der Waals surface area contributed by atoms with Crippen molar-refractivity contribution < 1.29 is 23.2 Å². The van der Waals surface area contributed by atoms with Crippen molar-refractivity contribution in [3.05, 3.63) is 81.9 Å². The molecule has 0 nitrogen and oxygen atoms in total. The molecule has 1 heterocycles. The van der Waals surface area contributed by atoms with Crippen molar-refractivity contribution in [1.29, 1.82) is 0 Å². The molecule has 0 saturated carbocycles. The van der Waals surface area contributed by atoms with Gasteiger partial charge < -0.3 is 0 Å². The maximum absolute atomic E-state index is 2.52. The molecule has 0 aromatic heterocycles. The molecule has 1 saturated heterocycles. The molecule has 2 atom stereocenters. The molecule has 0 N–H and O–H groups in total. The van der Waals surface area contributed by atoms with Gasteiger partial charge in [0.25, 0.3) is 0 Å². The monoisotopic (exact) mass is 462 g/mol. The van der Waals surface area contributed by atoms with Gasteiger partial charge in [-0.25, -0.2) is 0 Å². The van der Waals surface area contributed by atoms with Crippen molar-refractivity contribution in [1.82, 2.24) is 0 Å². The van der Waals surface area contributed by atoms with Gasteiger partial charge in [0.1, 0.15) is 0 Å². The first-order valence-corrected chi connectivity index (χ1v) is 16.8. The summed E-state index contributed by atoms with van der Waals surface area (Å²) in [5, 5.41) is 0. The van der Waals surface area contributed by atoms with Gasteiger partial charge in [-0.05, 0) is 0 Å². The molecule has 1 fully saturated rings. The summed E-state index contributed by atoms with van der Waals surface area (Å²) in [6.07, 6.45) is 7.96. The molecule has 2 aromatic rings. The van der Waals surface area contributed by atoms with Gasteiger partial charge in [0, 0.05) is 9.52 Å². The minimum atomic E-state index is -0.459. The molecule has 1 aliphatic heterocycles. The summed E-state index contributed by atoms with van der Waals surface area (Å²) in [6, 6.07) is 21.3. The van der Waals surface area contributed by atoms with Crippen LogP contribution in [0.5, 0.6) is 0 Å². The fourth-order valence-corrected chi connectivity index (χ4v) is 11.0.